The van der Waals surface area contributed by atoms with Crippen molar-refractivity contribution in [3.63, 3.8) is 0 Å². The first kappa shape index (κ1) is 15.9. The molecule has 19 heavy (non-hydrogen) atoms. The van der Waals surface area contributed by atoms with Crippen molar-refractivity contribution in [2.75, 3.05) is 0 Å². The second-order valence-corrected chi connectivity index (χ2v) is 6.98. The average molecular weight is 306 g/mol. The molecular formula is C12H16ClNO4S. The Morgan fingerprint density at radius 1 is 1.42 bits per heavy atom. The SMILES string of the molecule is Cc1c(Cl)cccc1S(=O)(=O)NC(C)(C)CC(=O)O. The summed E-state index contributed by atoms with van der Waals surface area (Å²) in [5.74, 6) is -1.07. The van der Waals surface area contributed by atoms with Gasteiger partial charge in [-0.15, -0.1) is 0 Å². The lowest BCUT2D eigenvalue weighted by atomic mass is 10.0. The molecule has 0 radical (unpaired) electrons. The van der Waals surface area contributed by atoms with Gasteiger partial charge in [-0.05, 0) is 38.5 Å². The van der Waals surface area contributed by atoms with Crippen LogP contribution in [0.15, 0.2) is 23.1 Å². The molecule has 0 spiro atoms. The maximum Gasteiger partial charge on any atom is 0.305 e. The molecule has 0 fully saturated rings. The normalized spacial score (nSPS) is 12.4. The van der Waals surface area contributed by atoms with Gasteiger partial charge in [-0.3, -0.25) is 4.79 Å². The molecule has 1 aromatic rings. The molecule has 0 aliphatic carbocycles. The summed E-state index contributed by atoms with van der Waals surface area (Å²) in [4.78, 5) is 10.8. The van der Waals surface area contributed by atoms with E-state index in [-0.39, 0.29) is 11.3 Å². The first-order chi connectivity index (χ1) is 8.55. The minimum Gasteiger partial charge on any atom is -0.481 e. The summed E-state index contributed by atoms with van der Waals surface area (Å²) in [5, 5.41) is 9.11. The lowest BCUT2D eigenvalue weighted by Crippen LogP contribution is -2.44. The summed E-state index contributed by atoms with van der Waals surface area (Å²) >= 11 is 5.89. The monoisotopic (exact) mass is 305 g/mol. The van der Waals surface area contributed by atoms with E-state index in [2.05, 4.69) is 4.72 Å². The highest BCUT2D eigenvalue weighted by Gasteiger charge is 2.29. The number of aliphatic carboxylic acids is 1. The summed E-state index contributed by atoms with van der Waals surface area (Å²) in [5.41, 5.74) is -0.651. The van der Waals surface area contributed by atoms with Gasteiger partial charge in [0.2, 0.25) is 10.0 Å². The fraction of sp³-hybridized carbons (Fsp3) is 0.417. The molecule has 0 atom stereocenters. The topological polar surface area (TPSA) is 83.5 Å². The minimum atomic E-state index is -3.81. The van der Waals surface area contributed by atoms with Crippen LogP contribution in [0.25, 0.3) is 0 Å². The van der Waals surface area contributed by atoms with Crippen molar-refractivity contribution in [3.8, 4) is 0 Å². The molecule has 0 heterocycles. The van der Waals surface area contributed by atoms with Gasteiger partial charge in [0.15, 0.2) is 0 Å². The third-order valence-electron chi connectivity index (χ3n) is 2.51. The smallest absolute Gasteiger partial charge is 0.305 e. The number of carboxylic acids is 1. The molecule has 0 bridgehead atoms. The Kier molecular flexibility index (Phi) is 4.60. The lowest BCUT2D eigenvalue weighted by molar-refractivity contribution is -0.138. The first-order valence-electron chi connectivity index (χ1n) is 5.56. The van der Waals surface area contributed by atoms with Crippen molar-refractivity contribution < 1.29 is 18.3 Å². The molecule has 0 amide bonds. The molecule has 1 aromatic carbocycles. The molecule has 1 rings (SSSR count). The zero-order valence-electron chi connectivity index (χ0n) is 10.9. The lowest BCUT2D eigenvalue weighted by Gasteiger charge is -2.24. The number of hydrogen-bond donors (Lipinski definition) is 2. The summed E-state index contributed by atoms with van der Waals surface area (Å²) in [6.07, 6.45) is -0.314. The predicted molar refractivity (Wildman–Crippen MR) is 72.8 cm³/mol. The van der Waals surface area contributed by atoms with Crippen LogP contribution in [-0.2, 0) is 14.8 Å². The van der Waals surface area contributed by atoms with Crippen LogP contribution in [0.3, 0.4) is 0 Å². The van der Waals surface area contributed by atoms with Gasteiger partial charge >= 0.3 is 5.97 Å². The van der Waals surface area contributed by atoms with Gasteiger partial charge in [-0.1, -0.05) is 17.7 Å². The fourth-order valence-corrected chi connectivity index (χ4v) is 3.62. The van der Waals surface area contributed by atoms with E-state index in [4.69, 9.17) is 16.7 Å². The van der Waals surface area contributed by atoms with E-state index in [0.29, 0.717) is 10.6 Å². The molecule has 106 valence electrons. The maximum atomic E-state index is 12.2. The Hall–Kier alpha value is -1.11. The largest absolute Gasteiger partial charge is 0.481 e. The maximum absolute atomic E-state index is 12.2. The van der Waals surface area contributed by atoms with E-state index >= 15 is 0 Å². The standard InChI is InChI=1S/C12H16ClNO4S/c1-8-9(13)5-4-6-10(8)19(17,18)14-12(2,3)7-11(15)16/h4-6,14H,7H2,1-3H3,(H,15,16). The zero-order valence-corrected chi connectivity index (χ0v) is 12.5. The highest BCUT2D eigenvalue weighted by molar-refractivity contribution is 7.89. The molecular weight excluding hydrogens is 290 g/mol. The first-order valence-corrected chi connectivity index (χ1v) is 7.42. The van der Waals surface area contributed by atoms with Gasteiger partial charge in [0.05, 0.1) is 11.3 Å². The number of carbonyl (C=O) groups is 1. The van der Waals surface area contributed by atoms with E-state index in [9.17, 15) is 13.2 Å². The Morgan fingerprint density at radius 2 is 2.00 bits per heavy atom. The van der Waals surface area contributed by atoms with E-state index in [1.54, 1.807) is 13.0 Å². The van der Waals surface area contributed by atoms with Crippen LogP contribution in [0, 0.1) is 6.92 Å². The summed E-state index contributed by atoms with van der Waals surface area (Å²) < 4.78 is 26.9. The number of halogens is 1. The summed E-state index contributed by atoms with van der Waals surface area (Å²) in [6, 6.07) is 4.56. The van der Waals surface area contributed by atoms with Gasteiger partial charge < -0.3 is 5.11 Å². The molecule has 0 aromatic heterocycles. The molecule has 7 heteroatoms. The highest BCUT2D eigenvalue weighted by Crippen LogP contribution is 2.24. The van der Waals surface area contributed by atoms with Crippen LogP contribution < -0.4 is 4.72 Å². The quantitative estimate of drug-likeness (QED) is 0.873. The summed E-state index contributed by atoms with van der Waals surface area (Å²) in [7, 11) is -3.81. The van der Waals surface area contributed by atoms with Crippen molar-refractivity contribution in [1.82, 2.24) is 4.72 Å². The van der Waals surface area contributed by atoms with Crippen LogP contribution in [0.5, 0.6) is 0 Å². The van der Waals surface area contributed by atoms with Crippen molar-refractivity contribution >= 4 is 27.6 Å². The summed E-state index contributed by atoms with van der Waals surface area (Å²) in [6.45, 7) is 4.62. The van der Waals surface area contributed by atoms with E-state index in [1.165, 1.54) is 26.0 Å². The van der Waals surface area contributed by atoms with Crippen molar-refractivity contribution in [2.45, 2.75) is 37.6 Å². The molecule has 0 aliphatic rings. The van der Waals surface area contributed by atoms with E-state index < -0.39 is 21.5 Å². The molecule has 0 unspecified atom stereocenters. The van der Waals surface area contributed by atoms with Crippen LogP contribution in [0.2, 0.25) is 5.02 Å². The third kappa shape index (κ3) is 4.19. The average Bonchev–Trinajstić information content (AvgIpc) is 2.17. The molecule has 2 N–H and O–H groups in total. The second kappa shape index (κ2) is 5.48. The Balaban J connectivity index is 3.12. The molecule has 0 saturated carbocycles. The Bertz CT molecular complexity index is 596. The van der Waals surface area contributed by atoms with Crippen LogP contribution >= 0.6 is 11.6 Å². The highest BCUT2D eigenvalue weighted by atomic mass is 35.5. The van der Waals surface area contributed by atoms with Gasteiger partial charge in [-0.25, -0.2) is 13.1 Å². The number of nitrogens with one attached hydrogen (secondary N) is 1. The van der Waals surface area contributed by atoms with Gasteiger partial charge in [-0.2, -0.15) is 0 Å². The van der Waals surface area contributed by atoms with Gasteiger partial charge in [0.1, 0.15) is 0 Å². The van der Waals surface area contributed by atoms with Crippen molar-refractivity contribution in [2.24, 2.45) is 0 Å². The number of hydrogen-bond acceptors (Lipinski definition) is 3. The predicted octanol–water partition coefficient (Wildman–Crippen LogP) is 2.18. The van der Waals surface area contributed by atoms with Crippen LogP contribution in [-0.4, -0.2) is 25.0 Å². The molecule has 5 nitrogen and oxygen atoms in total. The number of carboxylic acid groups (broad SMARTS) is 1. The van der Waals surface area contributed by atoms with E-state index in [1.807, 2.05) is 0 Å². The van der Waals surface area contributed by atoms with Crippen LogP contribution in [0.4, 0.5) is 0 Å². The van der Waals surface area contributed by atoms with Gasteiger partial charge in [0.25, 0.3) is 0 Å². The number of benzene rings is 1. The molecule has 0 aliphatic heterocycles. The Morgan fingerprint density at radius 3 is 2.53 bits per heavy atom. The molecule has 0 saturated heterocycles. The third-order valence-corrected chi connectivity index (χ3v) is 4.76. The van der Waals surface area contributed by atoms with Crippen molar-refractivity contribution in [3.05, 3.63) is 28.8 Å². The fourth-order valence-electron chi connectivity index (χ4n) is 1.71. The van der Waals surface area contributed by atoms with Crippen molar-refractivity contribution in [1.29, 1.82) is 0 Å². The van der Waals surface area contributed by atoms with E-state index in [0.717, 1.165) is 0 Å². The van der Waals surface area contributed by atoms with Crippen LogP contribution in [0.1, 0.15) is 25.8 Å². The minimum absolute atomic E-state index is 0.0541. The second-order valence-electron chi connectivity index (χ2n) is 4.92. The Labute approximate surface area is 117 Å². The zero-order chi connectivity index (χ0) is 14.8. The van der Waals surface area contributed by atoms with Gasteiger partial charge in [0, 0.05) is 10.6 Å². The number of sulfonamides is 1. The number of rotatable bonds is 5.